The van der Waals surface area contributed by atoms with Crippen molar-refractivity contribution >= 4 is 31.8 Å². The molecule has 1 saturated carbocycles. The van der Waals surface area contributed by atoms with Crippen molar-refractivity contribution in [2.24, 2.45) is 5.92 Å². The van der Waals surface area contributed by atoms with Crippen LogP contribution in [0.4, 0.5) is 0 Å². The van der Waals surface area contributed by atoms with Gasteiger partial charge < -0.3 is 14.3 Å². The molecule has 0 amide bonds. The van der Waals surface area contributed by atoms with Crippen LogP contribution in [0.1, 0.15) is 23.2 Å². The highest BCUT2D eigenvalue weighted by Gasteiger charge is 2.45. The van der Waals surface area contributed by atoms with Crippen LogP contribution in [0, 0.1) is 5.92 Å². The van der Waals surface area contributed by atoms with E-state index >= 15 is 0 Å². The van der Waals surface area contributed by atoms with Crippen LogP contribution in [0.15, 0.2) is 40.5 Å². The number of hydrogen-bond donors (Lipinski definition) is 0. The van der Waals surface area contributed by atoms with Gasteiger partial charge in [0.05, 0.1) is 39.8 Å². The number of ketones is 1. The van der Waals surface area contributed by atoms with Crippen molar-refractivity contribution in [3.63, 3.8) is 0 Å². The molecule has 26 heavy (non-hydrogen) atoms. The normalized spacial score (nSPS) is 21.1. The van der Waals surface area contributed by atoms with E-state index in [1.54, 1.807) is 19.2 Å². The van der Waals surface area contributed by atoms with Gasteiger partial charge in [0.1, 0.15) is 5.76 Å². The molecule has 1 aromatic carbocycles. The van der Waals surface area contributed by atoms with Gasteiger partial charge in [-0.2, -0.15) is 0 Å². The summed E-state index contributed by atoms with van der Waals surface area (Å²) in [6.45, 7) is 0.618. The molecule has 142 valence electrons. The Morgan fingerprint density at radius 2 is 2.00 bits per heavy atom. The maximum Gasteiger partial charge on any atom is 0.197 e. The van der Waals surface area contributed by atoms with E-state index < -0.39 is 21.8 Å². The van der Waals surface area contributed by atoms with Crippen molar-refractivity contribution in [3.05, 3.63) is 41.2 Å². The fraction of sp³-hybridized carbons (Fsp3) is 0.471. The number of hydrogen-bond acceptors (Lipinski definition) is 7. The smallest absolute Gasteiger partial charge is 0.197 e. The summed E-state index contributed by atoms with van der Waals surface area (Å²) in [4.78, 5) is 19.0. The fourth-order valence-electron chi connectivity index (χ4n) is 2.79. The van der Waals surface area contributed by atoms with Crippen molar-refractivity contribution < 1.29 is 27.5 Å². The fourth-order valence-corrected chi connectivity index (χ4v) is 4.15. The van der Waals surface area contributed by atoms with E-state index in [0.717, 1.165) is 19.1 Å². The monoisotopic (exact) mass is 445 g/mol. The number of carbonyl (C=O) groups excluding carboxylic acids is 1. The Morgan fingerprint density at radius 3 is 2.62 bits per heavy atom. The Morgan fingerprint density at radius 1 is 1.31 bits per heavy atom. The first-order valence-electron chi connectivity index (χ1n) is 8.16. The van der Waals surface area contributed by atoms with Gasteiger partial charge in [-0.3, -0.25) is 4.79 Å². The number of ether oxygens (including phenoxy) is 2. The standard InChI is InChI=1S/C17H20BrNO6S/c1-23-9-10-24-17-14(16(11-7-8-11)25-19(17)18)15(20)12-5-3-4-6-13(12)26(2,21)22/h3-6,11,17H,7-10H2,1-2H3. The van der Waals surface area contributed by atoms with Gasteiger partial charge in [-0.25, -0.2) is 8.42 Å². The lowest BCUT2D eigenvalue weighted by Gasteiger charge is -2.18. The van der Waals surface area contributed by atoms with E-state index in [1.807, 2.05) is 0 Å². The van der Waals surface area contributed by atoms with Gasteiger partial charge in [0.15, 0.2) is 21.8 Å². The van der Waals surface area contributed by atoms with Crippen molar-refractivity contribution in [1.29, 1.82) is 0 Å². The molecule has 1 atom stereocenters. The number of halogens is 1. The SMILES string of the molecule is COCCOC1C(C(=O)c2ccccc2S(C)(=O)=O)=C(C2CC2)ON1Br. The van der Waals surface area contributed by atoms with Crippen molar-refractivity contribution in [1.82, 2.24) is 4.09 Å². The Kier molecular flexibility index (Phi) is 5.83. The summed E-state index contributed by atoms with van der Waals surface area (Å²) in [5.74, 6) is 0.283. The van der Waals surface area contributed by atoms with Crippen molar-refractivity contribution in [2.45, 2.75) is 24.0 Å². The second-order valence-electron chi connectivity index (χ2n) is 6.23. The molecule has 9 heteroatoms. The van der Waals surface area contributed by atoms with E-state index in [1.165, 1.54) is 16.2 Å². The quantitative estimate of drug-likeness (QED) is 0.345. The van der Waals surface area contributed by atoms with Crippen LogP contribution in [0.5, 0.6) is 0 Å². The summed E-state index contributed by atoms with van der Waals surface area (Å²) in [6.07, 6.45) is 2.15. The third kappa shape index (κ3) is 4.01. The number of rotatable bonds is 8. The van der Waals surface area contributed by atoms with Crippen molar-refractivity contribution in [2.75, 3.05) is 26.6 Å². The van der Waals surface area contributed by atoms with Gasteiger partial charge >= 0.3 is 0 Å². The molecule has 1 unspecified atom stereocenters. The predicted molar refractivity (Wildman–Crippen MR) is 97.1 cm³/mol. The first-order chi connectivity index (χ1) is 12.3. The Balaban J connectivity index is 2.01. The predicted octanol–water partition coefficient (Wildman–Crippen LogP) is 2.48. The van der Waals surface area contributed by atoms with Crippen LogP contribution in [-0.4, -0.2) is 51.1 Å². The lowest BCUT2D eigenvalue weighted by Crippen LogP contribution is -2.30. The molecular formula is C17H20BrNO6S. The molecule has 7 nitrogen and oxygen atoms in total. The number of carbonyl (C=O) groups is 1. The molecule has 1 fully saturated rings. The highest BCUT2D eigenvalue weighted by atomic mass is 79.9. The first kappa shape index (κ1) is 19.5. The highest BCUT2D eigenvalue weighted by molar-refractivity contribution is 9.07. The average molecular weight is 446 g/mol. The zero-order valence-electron chi connectivity index (χ0n) is 14.5. The molecule has 0 N–H and O–H groups in total. The largest absolute Gasteiger partial charge is 0.396 e. The minimum Gasteiger partial charge on any atom is -0.396 e. The first-order valence-corrected chi connectivity index (χ1v) is 10.8. The summed E-state index contributed by atoms with van der Waals surface area (Å²) < 4.78 is 36.2. The van der Waals surface area contributed by atoms with E-state index in [0.29, 0.717) is 17.9 Å². The number of sulfone groups is 1. The Bertz CT molecular complexity index is 833. The van der Waals surface area contributed by atoms with Crippen LogP contribution in [0.2, 0.25) is 0 Å². The zero-order valence-corrected chi connectivity index (χ0v) is 16.9. The van der Waals surface area contributed by atoms with Gasteiger partial charge in [0.2, 0.25) is 0 Å². The minimum absolute atomic E-state index is 0.00342. The molecule has 0 spiro atoms. The Labute approximate surface area is 161 Å². The zero-order chi connectivity index (χ0) is 18.9. The van der Waals surface area contributed by atoms with Gasteiger partial charge in [-0.1, -0.05) is 12.1 Å². The average Bonchev–Trinajstić information content (AvgIpc) is 3.39. The van der Waals surface area contributed by atoms with Crippen molar-refractivity contribution in [3.8, 4) is 0 Å². The topological polar surface area (TPSA) is 82.1 Å². The lowest BCUT2D eigenvalue weighted by atomic mass is 10.00. The maximum atomic E-state index is 13.3. The van der Waals surface area contributed by atoms with Gasteiger partial charge in [-0.05, 0) is 29.1 Å². The van der Waals surface area contributed by atoms with Crippen LogP contribution in [0.3, 0.4) is 0 Å². The number of allylic oxidation sites excluding steroid dienone is 1. The molecule has 3 rings (SSSR count). The molecule has 0 aromatic heterocycles. The minimum atomic E-state index is -3.55. The number of methoxy groups -OCH3 is 1. The summed E-state index contributed by atoms with van der Waals surface area (Å²) in [6, 6.07) is 6.18. The van der Waals surface area contributed by atoms with Crippen LogP contribution < -0.4 is 0 Å². The van der Waals surface area contributed by atoms with E-state index in [4.69, 9.17) is 14.3 Å². The number of nitrogens with zero attached hydrogens (tertiary/aromatic N) is 1. The maximum absolute atomic E-state index is 13.3. The van der Waals surface area contributed by atoms with E-state index in [2.05, 4.69) is 16.1 Å². The number of Topliss-reactive ketones (excluding diaryl/α,β-unsaturated/α-hetero) is 1. The summed E-state index contributed by atoms with van der Waals surface area (Å²) in [5, 5.41) is 0. The van der Waals surface area contributed by atoms with E-state index in [-0.39, 0.29) is 23.0 Å². The van der Waals surface area contributed by atoms with Gasteiger partial charge in [0, 0.05) is 24.8 Å². The molecule has 1 aliphatic carbocycles. The molecule has 0 bridgehead atoms. The molecule has 0 radical (unpaired) electrons. The summed E-state index contributed by atoms with van der Waals surface area (Å²) in [7, 11) is -2.00. The molecule has 2 aliphatic rings. The molecule has 1 aromatic rings. The second kappa shape index (κ2) is 7.77. The van der Waals surface area contributed by atoms with Crippen LogP contribution >= 0.6 is 16.1 Å². The third-order valence-corrected chi connectivity index (χ3v) is 5.84. The summed E-state index contributed by atoms with van der Waals surface area (Å²) >= 11 is 3.27. The lowest BCUT2D eigenvalue weighted by molar-refractivity contribution is -0.116. The summed E-state index contributed by atoms with van der Waals surface area (Å²) in [5.41, 5.74) is 0.450. The number of hydroxylamine groups is 1. The Hall–Kier alpha value is -1.26. The molecule has 1 aliphatic heterocycles. The highest BCUT2D eigenvalue weighted by Crippen LogP contribution is 2.45. The number of benzene rings is 1. The second-order valence-corrected chi connectivity index (χ2v) is 8.91. The van der Waals surface area contributed by atoms with Gasteiger partial charge in [-0.15, -0.1) is 0 Å². The van der Waals surface area contributed by atoms with Gasteiger partial charge in [0.25, 0.3) is 0 Å². The molecular weight excluding hydrogens is 426 g/mol. The molecule has 1 heterocycles. The third-order valence-electron chi connectivity index (χ3n) is 4.17. The van der Waals surface area contributed by atoms with Crippen LogP contribution in [-0.2, 0) is 24.1 Å². The van der Waals surface area contributed by atoms with E-state index in [9.17, 15) is 13.2 Å². The molecule has 0 saturated heterocycles. The van der Waals surface area contributed by atoms with Crippen LogP contribution in [0.25, 0.3) is 0 Å².